The van der Waals surface area contributed by atoms with E-state index >= 15 is 0 Å². The van der Waals surface area contributed by atoms with Crippen molar-refractivity contribution >= 4 is 11.6 Å². The highest BCUT2D eigenvalue weighted by Crippen LogP contribution is 2.39. The fourth-order valence-corrected chi connectivity index (χ4v) is 3.48. The fourth-order valence-electron chi connectivity index (χ4n) is 3.48. The molecule has 0 unspecified atom stereocenters. The minimum atomic E-state index is -0.484. The summed E-state index contributed by atoms with van der Waals surface area (Å²) in [5.41, 5.74) is 1.96. The lowest BCUT2D eigenvalue weighted by Gasteiger charge is -2.41. The normalized spacial score (nSPS) is 24.5. The highest BCUT2D eigenvalue weighted by molar-refractivity contribution is 5.94. The highest BCUT2D eigenvalue weighted by atomic mass is 16.5. The fraction of sp³-hybridized carbons (Fsp3) is 0.350. The van der Waals surface area contributed by atoms with Crippen molar-refractivity contribution in [3.8, 4) is 0 Å². The van der Waals surface area contributed by atoms with Gasteiger partial charge in [0.2, 0.25) is 0 Å². The standard InChI is InChI=1S/C20H22N2O2/c23-20(21-16-9-5-2-6-10-16)19-18(15-7-3-1-4-8-15)22(13-14-24-19)17-11-12-17/h1-10,17-19H,11-14H2,(H,21,23)/t18-,19+/m0/s1. The number of hydrogen-bond donors (Lipinski definition) is 1. The largest absolute Gasteiger partial charge is 0.365 e. The van der Waals surface area contributed by atoms with Gasteiger partial charge in [0.1, 0.15) is 0 Å². The molecule has 1 amide bonds. The summed E-state index contributed by atoms with van der Waals surface area (Å²) in [6.45, 7) is 1.49. The summed E-state index contributed by atoms with van der Waals surface area (Å²) in [6.07, 6.45) is 1.95. The van der Waals surface area contributed by atoms with Gasteiger partial charge in [0.05, 0.1) is 12.6 Å². The number of rotatable bonds is 4. The maximum absolute atomic E-state index is 12.9. The molecule has 2 aliphatic rings. The molecule has 0 aromatic heterocycles. The number of para-hydroxylation sites is 1. The minimum Gasteiger partial charge on any atom is -0.365 e. The molecule has 24 heavy (non-hydrogen) atoms. The van der Waals surface area contributed by atoms with Gasteiger partial charge in [-0.3, -0.25) is 9.69 Å². The van der Waals surface area contributed by atoms with E-state index in [9.17, 15) is 4.79 Å². The van der Waals surface area contributed by atoms with Crippen molar-refractivity contribution in [2.45, 2.75) is 31.0 Å². The number of ether oxygens (including phenoxy) is 1. The first kappa shape index (κ1) is 15.4. The maximum atomic E-state index is 12.9. The van der Waals surface area contributed by atoms with Crippen molar-refractivity contribution in [1.82, 2.24) is 4.90 Å². The molecule has 124 valence electrons. The van der Waals surface area contributed by atoms with Crippen molar-refractivity contribution in [3.05, 3.63) is 66.2 Å². The summed E-state index contributed by atoms with van der Waals surface area (Å²) in [6, 6.07) is 20.4. The molecule has 2 fully saturated rings. The van der Waals surface area contributed by atoms with E-state index in [-0.39, 0.29) is 11.9 Å². The summed E-state index contributed by atoms with van der Waals surface area (Å²) < 4.78 is 5.93. The van der Waals surface area contributed by atoms with Crippen LogP contribution in [0.15, 0.2) is 60.7 Å². The van der Waals surface area contributed by atoms with Crippen LogP contribution in [-0.4, -0.2) is 36.1 Å². The molecule has 1 saturated heterocycles. The first-order valence-electron chi connectivity index (χ1n) is 8.61. The second-order valence-corrected chi connectivity index (χ2v) is 6.47. The number of nitrogens with one attached hydrogen (secondary N) is 1. The lowest BCUT2D eigenvalue weighted by atomic mass is 9.97. The van der Waals surface area contributed by atoms with Gasteiger partial charge in [0, 0.05) is 18.3 Å². The molecular weight excluding hydrogens is 300 g/mol. The maximum Gasteiger partial charge on any atom is 0.255 e. The van der Waals surface area contributed by atoms with Crippen LogP contribution in [0.2, 0.25) is 0 Å². The summed E-state index contributed by atoms with van der Waals surface area (Å²) in [7, 11) is 0. The van der Waals surface area contributed by atoms with E-state index in [0.717, 1.165) is 17.8 Å². The Morgan fingerprint density at radius 1 is 1.00 bits per heavy atom. The number of anilines is 1. The first-order chi connectivity index (χ1) is 11.8. The van der Waals surface area contributed by atoms with Gasteiger partial charge in [-0.1, -0.05) is 48.5 Å². The Bertz CT molecular complexity index is 685. The Labute approximate surface area is 142 Å². The van der Waals surface area contributed by atoms with Gasteiger partial charge in [-0.2, -0.15) is 0 Å². The second-order valence-electron chi connectivity index (χ2n) is 6.47. The number of carbonyl (C=O) groups is 1. The molecule has 1 aliphatic heterocycles. The SMILES string of the molecule is O=C(Nc1ccccc1)[C@@H]1OCCN(C2CC2)[C@H]1c1ccccc1. The van der Waals surface area contributed by atoms with Crippen LogP contribution in [0.25, 0.3) is 0 Å². The molecular formula is C20H22N2O2. The van der Waals surface area contributed by atoms with Crippen LogP contribution in [0.3, 0.4) is 0 Å². The molecule has 4 rings (SSSR count). The first-order valence-corrected chi connectivity index (χ1v) is 8.61. The minimum absolute atomic E-state index is 0.0174. The van der Waals surface area contributed by atoms with E-state index in [4.69, 9.17) is 4.74 Å². The number of benzene rings is 2. The Hall–Kier alpha value is -2.17. The van der Waals surface area contributed by atoms with Crippen molar-refractivity contribution in [2.75, 3.05) is 18.5 Å². The van der Waals surface area contributed by atoms with Crippen LogP contribution in [0, 0.1) is 0 Å². The number of morpholine rings is 1. The highest BCUT2D eigenvalue weighted by Gasteiger charge is 2.43. The molecule has 4 heteroatoms. The topological polar surface area (TPSA) is 41.6 Å². The van der Waals surface area contributed by atoms with E-state index in [1.165, 1.54) is 12.8 Å². The number of nitrogens with zero attached hydrogens (tertiary/aromatic N) is 1. The van der Waals surface area contributed by atoms with Gasteiger partial charge >= 0.3 is 0 Å². The molecule has 0 bridgehead atoms. The van der Waals surface area contributed by atoms with Crippen LogP contribution in [-0.2, 0) is 9.53 Å². The van der Waals surface area contributed by atoms with E-state index in [2.05, 4.69) is 22.3 Å². The zero-order valence-corrected chi connectivity index (χ0v) is 13.6. The zero-order valence-electron chi connectivity index (χ0n) is 13.6. The Morgan fingerprint density at radius 2 is 1.67 bits per heavy atom. The lowest BCUT2D eigenvalue weighted by Crippen LogP contribution is -2.51. The molecule has 2 aromatic rings. The predicted octanol–water partition coefficient (Wildman–Crippen LogP) is 3.23. The van der Waals surface area contributed by atoms with E-state index in [0.29, 0.717) is 12.6 Å². The van der Waals surface area contributed by atoms with E-state index in [1.807, 2.05) is 48.5 Å². The quantitative estimate of drug-likeness (QED) is 0.939. The van der Waals surface area contributed by atoms with Gasteiger partial charge in [-0.05, 0) is 30.5 Å². The molecule has 1 N–H and O–H groups in total. The van der Waals surface area contributed by atoms with Gasteiger partial charge in [-0.25, -0.2) is 0 Å². The van der Waals surface area contributed by atoms with E-state index < -0.39 is 6.10 Å². The molecule has 1 saturated carbocycles. The third-order valence-electron chi connectivity index (χ3n) is 4.75. The second kappa shape index (κ2) is 6.75. The molecule has 1 heterocycles. The van der Waals surface area contributed by atoms with Crippen molar-refractivity contribution < 1.29 is 9.53 Å². The molecule has 2 atom stereocenters. The van der Waals surface area contributed by atoms with Gasteiger partial charge in [-0.15, -0.1) is 0 Å². The smallest absolute Gasteiger partial charge is 0.255 e. The number of carbonyl (C=O) groups excluding carboxylic acids is 1. The van der Waals surface area contributed by atoms with Crippen LogP contribution < -0.4 is 5.32 Å². The molecule has 2 aromatic carbocycles. The molecule has 4 nitrogen and oxygen atoms in total. The Balaban J connectivity index is 1.60. The number of hydrogen-bond acceptors (Lipinski definition) is 3. The molecule has 0 radical (unpaired) electrons. The third kappa shape index (κ3) is 3.21. The van der Waals surface area contributed by atoms with Gasteiger partial charge < -0.3 is 10.1 Å². The number of amides is 1. The van der Waals surface area contributed by atoms with Gasteiger partial charge in [0.15, 0.2) is 6.10 Å². The zero-order chi connectivity index (χ0) is 16.4. The Morgan fingerprint density at radius 3 is 2.33 bits per heavy atom. The Kier molecular flexibility index (Phi) is 4.32. The van der Waals surface area contributed by atoms with E-state index in [1.54, 1.807) is 0 Å². The average molecular weight is 322 g/mol. The van der Waals surface area contributed by atoms with Crippen molar-refractivity contribution in [2.24, 2.45) is 0 Å². The average Bonchev–Trinajstić information content (AvgIpc) is 3.48. The summed E-state index contributed by atoms with van der Waals surface area (Å²) in [5.74, 6) is -0.0691. The van der Waals surface area contributed by atoms with Crippen LogP contribution in [0.4, 0.5) is 5.69 Å². The monoisotopic (exact) mass is 322 g/mol. The van der Waals surface area contributed by atoms with Crippen LogP contribution >= 0.6 is 0 Å². The summed E-state index contributed by atoms with van der Waals surface area (Å²) in [4.78, 5) is 15.3. The lowest BCUT2D eigenvalue weighted by molar-refractivity contribution is -0.141. The van der Waals surface area contributed by atoms with Crippen molar-refractivity contribution in [3.63, 3.8) is 0 Å². The van der Waals surface area contributed by atoms with Gasteiger partial charge in [0.25, 0.3) is 5.91 Å². The molecule has 0 spiro atoms. The molecule has 1 aliphatic carbocycles. The van der Waals surface area contributed by atoms with Crippen LogP contribution in [0.1, 0.15) is 24.4 Å². The summed E-state index contributed by atoms with van der Waals surface area (Å²) in [5, 5.41) is 3.00. The summed E-state index contributed by atoms with van der Waals surface area (Å²) >= 11 is 0. The predicted molar refractivity (Wildman–Crippen MR) is 93.7 cm³/mol. The van der Waals surface area contributed by atoms with Crippen LogP contribution in [0.5, 0.6) is 0 Å². The third-order valence-corrected chi connectivity index (χ3v) is 4.75. The van der Waals surface area contributed by atoms with Crippen molar-refractivity contribution in [1.29, 1.82) is 0 Å².